The van der Waals surface area contributed by atoms with Crippen LogP contribution in [-0.2, 0) is 14.6 Å². The number of sulfone groups is 1. The predicted molar refractivity (Wildman–Crippen MR) is 94.9 cm³/mol. The zero-order valence-electron chi connectivity index (χ0n) is 13.7. The van der Waals surface area contributed by atoms with Gasteiger partial charge in [-0.1, -0.05) is 11.6 Å². The topological polar surface area (TPSA) is 72.5 Å². The molecule has 0 heterocycles. The lowest BCUT2D eigenvalue weighted by molar-refractivity contribution is -0.111. The van der Waals surface area contributed by atoms with Gasteiger partial charge in [0.05, 0.1) is 12.0 Å². The number of hydrogen-bond donors (Lipinski definition) is 1. The molecule has 0 aliphatic heterocycles. The van der Waals surface area contributed by atoms with E-state index < -0.39 is 9.84 Å². The van der Waals surface area contributed by atoms with Crippen LogP contribution in [0.2, 0.25) is 0 Å². The highest BCUT2D eigenvalue weighted by molar-refractivity contribution is 7.90. The summed E-state index contributed by atoms with van der Waals surface area (Å²) in [6.45, 7) is 1.96. The van der Waals surface area contributed by atoms with Gasteiger partial charge in [0.15, 0.2) is 9.84 Å². The number of methoxy groups -OCH3 is 1. The maximum Gasteiger partial charge on any atom is 0.248 e. The third kappa shape index (κ3) is 4.70. The van der Waals surface area contributed by atoms with Crippen molar-refractivity contribution in [2.24, 2.45) is 0 Å². The van der Waals surface area contributed by atoms with Gasteiger partial charge in [0.25, 0.3) is 0 Å². The van der Waals surface area contributed by atoms with Crippen LogP contribution in [0.4, 0.5) is 5.69 Å². The zero-order chi connectivity index (χ0) is 17.7. The molecule has 2 aromatic carbocycles. The third-order valence-electron chi connectivity index (χ3n) is 3.35. The van der Waals surface area contributed by atoms with Gasteiger partial charge >= 0.3 is 0 Å². The number of anilines is 1. The van der Waals surface area contributed by atoms with Crippen molar-refractivity contribution in [3.05, 3.63) is 59.7 Å². The first-order valence-electron chi connectivity index (χ1n) is 7.23. The smallest absolute Gasteiger partial charge is 0.248 e. The van der Waals surface area contributed by atoms with Gasteiger partial charge in [-0.2, -0.15) is 0 Å². The van der Waals surface area contributed by atoms with Gasteiger partial charge in [-0.3, -0.25) is 4.79 Å². The summed E-state index contributed by atoms with van der Waals surface area (Å²) in [7, 11) is -1.67. The molecule has 126 valence electrons. The van der Waals surface area contributed by atoms with Crippen molar-refractivity contribution in [3.8, 4) is 5.75 Å². The molecule has 0 saturated heterocycles. The van der Waals surface area contributed by atoms with Gasteiger partial charge in [0.2, 0.25) is 5.91 Å². The Bertz CT molecular complexity index is 868. The number of ether oxygens (including phenoxy) is 1. The predicted octanol–water partition coefficient (Wildman–Crippen LogP) is 3.06. The highest BCUT2D eigenvalue weighted by Crippen LogP contribution is 2.21. The molecular formula is C18H19NO4S. The van der Waals surface area contributed by atoms with Crippen molar-refractivity contribution < 1.29 is 17.9 Å². The fraction of sp³-hybridized carbons (Fsp3) is 0.167. The second kappa shape index (κ2) is 7.31. The van der Waals surface area contributed by atoms with E-state index in [1.807, 2.05) is 25.1 Å². The van der Waals surface area contributed by atoms with Gasteiger partial charge in [-0.25, -0.2) is 8.42 Å². The van der Waals surface area contributed by atoms with Gasteiger partial charge in [-0.05, 0) is 49.4 Å². The Kier molecular flexibility index (Phi) is 5.41. The van der Waals surface area contributed by atoms with Crippen LogP contribution in [0.1, 0.15) is 11.1 Å². The summed E-state index contributed by atoms with van der Waals surface area (Å²) < 4.78 is 28.1. The Morgan fingerprint density at radius 3 is 2.38 bits per heavy atom. The SMILES string of the molecule is COc1ccc(C)cc1/C=C/C(=O)Nc1ccc(S(C)(=O)=O)cc1. The molecule has 0 fully saturated rings. The molecular weight excluding hydrogens is 326 g/mol. The fourth-order valence-corrected chi connectivity index (χ4v) is 2.75. The Balaban J connectivity index is 2.09. The van der Waals surface area contributed by atoms with Crippen LogP contribution >= 0.6 is 0 Å². The number of amides is 1. The Morgan fingerprint density at radius 1 is 1.12 bits per heavy atom. The number of nitrogens with one attached hydrogen (secondary N) is 1. The summed E-state index contributed by atoms with van der Waals surface area (Å²) in [5, 5.41) is 2.68. The van der Waals surface area contributed by atoms with E-state index >= 15 is 0 Å². The van der Waals surface area contributed by atoms with Gasteiger partial charge in [0, 0.05) is 23.6 Å². The minimum atomic E-state index is -3.25. The Morgan fingerprint density at radius 2 is 1.79 bits per heavy atom. The lowest BCUT2D eigenvalue weighted by Gasteiger charge is -2.06. The van der Waals surface area contributed by atoms with Crippen LogP contribution in [0.15, 0.2) is 53.4 Å². The molecule has 0 atom stereocenters. The van der Waals surface area contributed by atoms with E-state index in [4.69, 9.17) is 4.74 Å². The van der Waals surface area contributed by atoms with Crippen LogP contribution in [0.3, 0.4) is 0 Å². The number of hydrogen-bond acceptors (Lipinski definition) is 4. The molecule has 0 aliphatic rings. The number of carbonyl (C=O) groups is 1. The first-order chi connectivity index (χ1) is 11.3. The molecule has 0 spiro atoms. The highest BCUT2D eigenvalue weighted by Gasteiger charge is 2.07. The van der Waals surface area contributed by atoms with Crippen molar-refractivity contribution in [1.82, 2.24) is 0 Å². The minimum Gasteiger partial charge on any atom is -0.496 e. The summed E-state index contributed by atoms with van der Waals surface area (Å²) >= 11 is 0. The number of carbonyl (C=O) groups excluding carboxylic acids is 1. The average molecular weight is 345 g/mol. The monoisotopic (exact) mass is 345 g/mol. The van der Waals surface area contributed by atoms with Crippen LogP contribution in [-0.4, -0.2) is 27.7 Å². The molecule has 0 aliphatic carbocycles. The van der Waals surface area contributed by atoms with Crippen LogP contribution < -0.4 is 10.1 Å². The second-order valence-electron chi connectivity index (χ2n) is 5.36. The van der Waals surface area contributed by atoms with E-state index in [2.05, 4.69) is 5.32 Å². The van der Waals surface area contributed by atoms with Crippen molar-refractivity contribution >= 4 is 27.5 Å². The summed E-state index contributed by atoms with van der Waals surface area (Å²) in [5.74, 6) is 0.368. The number of rotatable bonds is 5. The van der Waals surface area contributed by atoms with E-state index in [1.165, 1.54) is 18.2 Å². The van der Waals surface area contributed by atoms with Gasteiger partial charge in [0.1, 0.15) is 5.75 Å². The van der Waals surface area contributed by atoms with Crippen LogP contribution in [0, 0.1) is 6.92 Å². The lowest BCUT2D eigenvalue weighted by Crippen LogP contribution is -2.08. The molecule has 24 heavy (non-hydrogen) atoms. The normalized spacial score (nSPS) is 11.5. The molecule has 2 rings (SSSR count). The molecule has 0 radical (unpaired) electrons. The van der Waals surface area contributed by atoms with E-state index in [1.54, 1.807) is 25.3 Å². The summed E-state index contributed by atoms with van der Waals surface area (Å²) in [4.78, 5) is 12.2. The molecule has 1 N–H and O–H groups in total. The number of aryl methyl sites for hydroxylation is 1. The molecule has 0 unspecified atom stereocenters. The largest absolute Gasteiger partial charge is 0.496 e. The van der Waals surface area contributed by atoms with E-state index in [-0.39, 0.29) is 10.8 Å². The Hall–Kier alpha value is -2.60. The summed E-state index contributed by atoms with van der Waals surface area (Å²) in [6.07, 6.45) is 4.21. The molecule has 0 aromatic heterocycles. The van der Waals surface area contributed by atoms with Gasteiger partial charge in [-0.15, -0.1) is 0 Å². The lowest BCUT2D eigenvalue weighted by atomic mass is 10.1. The maximum atomic E-state index is 12.0. The molecule has 0 saturated carbocycles. The highest BCUT2D eigenvalue weighted by atomic mass is 32.2. The maximum absolute atomic E-state index is 12.0. The molecule has 0 bridgehead atoms. The Labute approximate surface area is 141 Å². The van der Waals surface area contributed by atoms with Crippen molar-refractivity contribution in [2.45, 2.75) is 11.8 Å². The van der Waals surface area contributed by atoms with E-state index in [0.29, 0.717) is 11.4 Å². The van der Waals surface area contributed by atoms with Crippen molar-refractivity contribution in [1.29, 1.82) is 0 Å². The summed E-state index contributed by atoms with van der Waals surface area (Å²) in [6, 6.07) is 11.7. The van der Waals surface area contributed by atoms with Crippen molar-refractivity contribution in [3.63, 3.8) is 0 Å². The van der Waals surface area contributed by atoms with Crippen molar-refractivity contribution in [2.75, 3.05) is 18.7 Å². The molecule has 1 amide bonds. The minimum absolute atomic E-state index is 0.209. The second-order valence-corrected chi connectivity index (χ2v) is 7.38. The first kappa shape index (κ1) is 17.7. The fourth-order valence-electron chi connectivity index (χ4n) is 2.12. The van der Waals surface area contributed by atoms with E-state index in [0.717, 1.165) is 17.4 Å². The van der Waals surface area contributed by atoms with E-state index in [9.17, 15) is 13.2 Å². The number of benzene rings is 2. The average Bonchev–Trinajstić information content (AvgIpc) is 2.53. The van der Waals surface area contributed by atoms with Crippen LogP contribution in [0.5, 0.6) is 5.75 Å². The van der Waals surface area contributed by atoms with Crippen LogP contribution in [0.25, 0.3) is 6.08 Å². The third-order valence-corrected chi connectivity index (χ3v) is 4.48. The zero-order valence-corrected chi connectivity index (χ0v) is 14.6. The molecule has 2 aromatic rings. The standard InChI is InChI=1S/C18H19NO4S/c1-13-4-10-17(23-2)14(12-13)5-11-18(20)19-15-6-8-16(9-7-15)24(3,21)22/h4-12H,1-3H3,(H,19,20)/b11-5+. The quantitative estimate of drug-likeness (QED) is 0.846. The molecule has 6 heteroatoms. The molecule has 5 nitrogen and oxygen atoms in total. The van der Waals surface area contributed by atoms with Gasteiger partial charge < -0.3 is 10.1 Å². The summed E-state index contributed by atoms with van der Waals surface area (Å²) in [5.41, 5.74) is 2.39. The first-order valence-corrected chi connectivity index (χ1v) is 9.12.